The molecule has 0 saturated heterocycles. The van der Waals surface area contributed by atoms with Crippen molar-refractivity contribution >= 4 is 34.6 Å². The monoisotopic (exact) mass is 263 g/mol. The number of carbonyl (C=O) groups excluding carboxylic acids is 2. The molecule has 0 N–H and O–H groups in total. The lowest BCUT2D eigenvalue weighted by Gasteiger charge is -2.07. The van der Waals surface area contributed by atoms with E-state index in [1.807, 2.05) is 0 Å². The first kappa shape index (κ1) is 10.9. The maximum Gasteiger partial charge on any atom is 0.337 e. The third-order valence-electron chi connectivity index (χ3n) is 2.49. The number of nitrogens with zero attached hydrogens (tertiary/aromatic N) is 1. The van der Waals surface area contributed by atoms with Crippen molar-refractivity contribution in [2.24, 2.45) is 0 Å². The Morgan fingerprint density at radius 2 is 1.67 bits per heavy atom. The summed E-state index contributed by atoms with van der Waals surface area (Å²) in [5.74, 6) is -1.19. The second kappa shape index (κ2) is 3.89. The van der Waals surface area contributed by atoms with Crippen LogP contribution in [0.25, 0.3) is 10.9 Å². The number of halogens is 1. The van der Waals surface area contributed by atoms with Crippen LogP contribution >= 0.6 is 11.8 Å². The van der Waals surface area contributed by atoms with Gasteiger partial charge < -0.3 is 9.47 Å². The molecule has 5 nitrogen and oxygen atoms in total. The van der Waals surface area contributed by atoms with Gasteiger partial charge in [0.25, 0.3) is 5.88 Å². The summed E-state index contributed by atoms with van der Waals surface area (Å²) >= 11 is 6.04. The zero-order valence-corrected chi connectivity index (χ0v) is 9.68. The average Bonchev–Trinajstić information content (AvgIpc) is 2.61. The van der Waals surface area contributed by atoms with E-state index in [4.69, 9.17) is 21.3 Å². The van der Waals surface area contributed by atoms with E-state index >= 15 is 0 Å². The minimum absolute atomic E-state index is 0.000525. The molecule has 1 aliphatic rings. The Kier molecular flexibility index (Phi) is 2.34. The Morgan fingerprint density at radius 1 is 1.00 bits per heavy atom. The highest BCUT2D eigenvalue weighted by molar-refractivity contribution is 6.21. The molecule has 0 saturated carbocycles. The minimum atomic E-state index is -0.683. The number of aromatic nitrogens is 1. The van der Waals surface area contributed by atoms with Crippen molar-refractivity contribution in [3.8, 4) is 11.6 Å². The van der Waals surface area contributed by atoms with E-state index in [1.165, 1.54) is 0 Å². The molecule has 1 aromatic carbocycles. The number of benzene rings is 1. The first-order valence-corrected chi connectivity index (χ1v) is 5.42. The SMILES string of the molecule is O=C1/C=C/C(=O)Oc2c(c3ccccc3n2Cl)O1. The van der Waals surface area contributed by atoms with E-state index in [0.717, 1.165) is 16.2 Å². The lowest BCUT2D eigenvalue weighted by molar-refractivity contribution is -0.133. The number of rotatable bonds is 0. The highest BCUT2D eigenvalue weighted by Crippen LogP contribution is 2.40. The van der Waals surface area contributed by atoms with Crippen LogP contribution in [0.5, 0.6) is 11.6 Å². The molecule has 0 aliphatic carbocycles. The summed E-state index contributed by atoms with van der Waals surface area (Å²) < 4.78 is 11.3. The number of esters is 2. The highest BCUT2D eigenvalue weighted by Gasteiger charge is 2.24. The lowest BCUT2D eigenvalue weighted by atomic mass is 10.2. The van der Waals surface area contributed by atoms with E-state index < -0.39 is 11.9 Å². The van der Waals surface area contributed by atoms with Crippen molar-refractivity contribution < 1.29 is 19.1 Å². The van der Waals surface area contributed by atoms with Crippen molar-refractivity contribution in [2.75, 3.05) is 0 Å². The first-order valence-electron chi connectivity index (χ1n) is 5.08. The maximum atomic E-state index is 11.4. The van der Waals surface area contributed by atoms with Gasteiger partial charge in [-0.2, -0.15) is 0 Å². The van der Waals surface area contributed by atoms with Crippen LogP contribution in [0.3, 0.4) is 0 Å². The van der Waals surface area contributed by atoms with Crippen LogP contribution in [0.4, 0.5) is 0 Å². The Balaban J connectivity index is 2.31. The predicted octanol–water partition coefficient (Wildman–Crippen LogP) is 2.02. The summed E-state index contributed by atoms with van der Waals surface area (Å²) in [7, 11) is 0. The molecule has 2 heterocycles. The summed E-state index contributed by atoms with van der Waals surface area (Å²) in [4.78, 5) is 22.8. The van der Waals surface area contributed by atoms with Crippen LogP contribution in [0.2, 0.25) is 0 Å². The fourth-order valence-electron chi connectivity index (χ4n) is 1.74. The number of para-hydroxylation sites is 1. The molecule has 90 valence electrons. The van der Waals surface area contributed by atoms with Gasteiger partial charge in [0.15, 0.2) is 0 Å². The van der Waals surface area contributed by atoms with Crippen molar-refractivity contribution in [1.82, 2.24) is 4.09 Å². The molecule has 0 fully saturated rings. The Bertz CT molecular complexity index is 701. The molecule has 0 unspecified atom stereocenters. The van der Waals surface area contributed by atoms with Crippen molar-refractivity contribution in [1.29, 1.82) is 0 Å². The quantitative estimate of drug-likeness (QED) is 0.683. The van der Waals surface area contributed by atoms with Crippen LogP contribution in [0.1, 0.15) is 0 Å². The van der Waals surface area contributed by atoms with Gasteiger partial charge in [-0.3, -0.25) is 0 Å². The van der Waals surface area contributed by atoms with E-state index in [1.54, 1.807) is 24.3 Å². The van der Waals surface area contributed by atoms with Crippen LogP contribution in [-0.4, -0.2) is 16.0 Å². The standard InChI is InChI=1S/C12H6ClNO4/c13-14-8-4-2-1-3-7(8)11-12(14)18-10(16)6-5-9(15)17-11/h1-6H/b6-5+. The zero-order chi connectivity index (χ0) is 12.7. The predicted molar refractivity (Wildman–Crippen MR) is 63.6 cm³/mol. The van der Waals surface area contributed by atoms with Crippen LogP contribution < -0.4 is 9.47 Å². The first-order chi connectivity index (χ1) is 8.66. The third kappa shape index (κ3) is 1.56. The van der Waals surface area contributed by atoms with Gasteiger partial charge in [-0.25, -0.2) is 13.7 Å². The van der Waals surface area contributed by atoms with Crippen molar-refractivity contribution in [3.05, 3.63) is 36.4 Å². The van der Waals surface area contributed by atoms with Gasteiger partial charge in [-0.05, 0) is 12.1 Å². The Hall–Kier alpha value is -2.27. The summed E-state index contributed by atoms with van der Waals surface area (Å²) in [6.07, 6.45) is 1.99. The second-order valence-corrected chi connectivity index (χ2v) is 3.95. The molecule has 6 heteroatoms. The van der Waals surface area contributed by atoms with Crippen molar-refractivity contribution in [2.45, 2.75) is 0 Å². The third-order valence-corrected chi connectivity index (χ3v) is 2.82. The molecule has 0 bridgehead atoms. The second-order valence-electron chi connectivity index (χ2n) is 3.61. The van der Waals surface area contributed by atoms with Crippen LogP contribution in [-0.2, 0) is 9.59 Å². The van der Waals surface area contributed by atoms with Gasteiger partial charge in [0.05, 0.1) is 5.52 Å². The van der Waals surface area contributed by atoms with Gasteiger partial charge in [0.2, 0.25) is 5.75 Å². The zero-order valence-electron chi connectivity index (χ0n) is 8.92. The molecule has 3 rings (SSSR count). The van der Waals surface area contributed by atoms with Gasteiger partial charge in [-0.1, -0.05) is 12.1 Å². The average molecular weight is 264 g/mol. The van der Waals surface area contributed by atoms with E-state index in [-0.39, 0.29) is 11.6 Å². The minimum Gasteiger partial charge on any atom is -0.417 e. The number of hydrogen-bond donors (Lipinski definition) is 0. The van der Waals surface area contributed by atoms with Crippen LogP contribution in [0, 0.1) is 0 Å². The Labute approximate surface area is 106 Å². The van der Waals surface area contributed by atoms with Gasteiger partial charge in [0, 0.05) is 29.3 Å². The smallest absolute Gasteiger partial charge is 0.337 e. The fraction of sp³-hybridized carbons (Fsp3) is 0. The molecular weight excluding hydrogens is 258 g/mol. The largest absolute Gasteiger partial charge is 0.417 e. The summed E-state index contributed by atoms with van der Waals surface area (Å²) in [6.45, 7) is 0. The molecule has 0 amide bonds. The summed E-state index contributed by atoms with van der Waals surface area (Å²) in [6, 6.07) is 6.99. The summed E-state index contributed by atoms with van der Waals surface area (Å²) in [5, 5.41) is 0.596. The molecule has 2 aromatic rings. The lowest BCUT2D eigenvalue weighted by Crippen LogP contribution is -2.13. The number of fused-ring (bicyclic) bond motifs is 3. The van der Waals surface area contributed by atoms with E-state index in [2.05, 4.69) is 0 Å². The van der Waals surface area contributed by atoms with Gasteiger partial charge in [-0.15, -0.1) is 0 Å². The topological polar surface area (TPSA) is 57.5 Å². The normalized spacial score (nSPS) is 16.5. The molecule has 1 aromatic heterocycles. The molecule has 1 aliphatic heterocycles. The molecule has 0 spiro atoms. The van der Waals surface area contributed by atoms with Crippen LogP contribution in [0.15, 0.2) is 36.4 Å². The van der Waals surface area contributed by atoms with Gasteiger partial charge in [0.1, 0.15) is 0 Å². The molecular formula is C12H6ClNO4. The number of hydrogen-bond acceptors (Lipinski definition) is 4. The number of carbonyl (C=O) groups is 2. The van der Waals surface area contributed by atoms with Gasteiger partial charge >= 0.3 is 11.9 Å². The fourth-order valence-corrected chi connectivity index (χ4v) is 1.99. The summed E-state index contributed by atoms with van der Waals surface area (Å²) in [5.41, 5.74) is 0.590. The number of ether oxygens (including phenoxy) is 2. The highest BCUT2D eigenvalue weighted by atomic mass is 35.5. The van der Waals surface area contributed by atoms with E-state index in [0.29, 0.717) is 10.9 Å². The van der Waals surface area contributed by atoms with E-state index in [9.17, 15) is 9.59 Å². The molecule has 0 atom stereocenters. The Morgan fingerprint density at radius 3 is 2.44 bits per heavy atom. The molecule has 18 heavy (non-hydrogen) atoms. The molecule has 0 radical (unpaired) electrons. The maximum absolute atomic E-state index is 11.4. The van der Waals surface area contributed by atoms with Crippen molar-refractivity contribution in [3.63, 3.8) is 0 Å².